The second-order valence-corrected chi connectivity index (χ2v) is 3.60. The Morgan fingerprint density at radius 3 is 2.88 bits per heavy atom. The van der Waals surface area contributed by atoms with E-state index in [1.807, 2.05) is 6.92 Å². The van der Waals surface area contributed by atoms with Gasteiger partial charge in [0, 0.05) is 13.1 Å². The number of aromatic nitrogens is 2. The van der Waals surface area contributed by atoms with Crippen molar-refractivity contribution in [1.82, 2.24) is 9.78 Å². The molecule has 1 aromatic heterocycles. The summed E-state index contributed by atoms with van der Waals surface area (Å²) >= 11 is 0. The molecular formula is C12H14FN3O. The number of rotatable bonds is 4. The predicted octanol–water partition coefficient (Wildman–Crippen LogP) is 2.29. The molecule has 0 amide bonds. The Balaban J connectivity index is 2.18. The van der Waals surface area contributed by atoms with Gasteiger partial charge < -0.3 is 10.5 Å². The molecule has 0 aliphatic heterocycles. The quantitative estimate of drug-likeness (QED) is 0.884. The van der Waals surface area contributed by atoms with Crippen molar-refractivity contribution in [2.45, 2.75) is 20.0 Å². The maximum Gasteiger partial charge on any atom is 0.166 e. The molecule has 1 heterocycles. The van der Waals surface area contributed by atoms with E-state index in [0.29, 0.717) is 12.3 Å². The van der Waals surface area contributed by atoms with Crippen LogP contribution in [0.3, 0.4) is 0 Å². The van der Waals surface area contributed by atoms with Gasteiger partial charge in [-0.05, 0) is 24.6 Å². The third-order valence-corrected chi connectivity index (χ3v) is 2.39. The van der Waals surface area contributed by atoms with Crippen molar-refractivity contribution in [2.75, 3.05) is 0 Å². The molecule has 0 unspecified atom stereocenters. The third-order valence-electron chi connectivity index (χ3n) is 2.39. The van der Waals surface area contributed by atoms with Crippen LogP contribution in [0.5, 0.6) is 11.5 Å². The number of benzene rings is 1. The number of halogens is 1. The fourth-order valence-electron chi connectivity index (χ4n) is 1.45. The highest BCUT2D eigenvalue weighted by atomic mass is 19.1. The molecule has 0 bridgehead atoms. The van der Waals surface area contributed by atoms with Gasteiger partial charge in [0.2, 0.25) is 0 Å². The third kappa shape index (κ3) is 2.62. The molecule has 0 saturated heterocycles. The second kappa shape index (κ2) is 4.97. The molecule has 0 saturated carbocycles. The molecule has 5 heteroatoms. The van der Waals surface area contributed by atoms with Gasteiger partial charge in [-0.15, -0.1) is 0 Å². The van der Waals surface area contributed by atoms with Gasteiger partial charge in [-0.3, -0.25) is 4.68 Å². The molecule has 0 aliphatic carbocycles. The number of aryl methyl sites for hydroxylation is 1. The van der Waals surface area contributed by atoms with Crippen molar-refractivity contribution in [2.24, 2.45) is 5.73 Å². The van der Waals surface area contributed by atoms with Gasteiger partial charge in [0.1, 0.15) is 0 Å². The normalized spacial score (nSPS) is 10.5. The molecule has 90 valence electrons. The zero-order chi connectivity index (χ0) is 12.3. The summed E-state index contributed by atoms with van der Waals surface area (Å²) in [6.45, 7) is 3.02. The van der Waals surface area contributed by atoms with Crippen LogP contribution in [0, 0.1) is 5.82 Å². The Morgan fingerprint density at radius 1 is 1.47 bits per heavy atom. The summed E-state index contributed by atoms with van der Waals surface area (Å²) in [5, 5.41) is 4.04. The lowest BCUT2D eigenvalue weighted by Crippen LogP contribution is -1.97. The first-order valence-corrected chi connectivity index (χ1v) is 5.41. The van der Waals surface area contributed by atoms with Crippen LogP contribution in [-0.4, -0.2) is 9.78 Å². The smallest absolute Gasteiger partial charge is 0.166 e. The Labute approximate surface area is 98.8 Å². The van der Waals surface area contributed by atoms with Crippen molar-refractivity contribution >= 4 is 0 Å². The minimum Gasteiger partial charge on any atom is -0.451 e. The van der Waals surface area contributed by atoms with Crippen LogP contribution in [0.1, 0.15) is 12.5 Å². The number of hydrogen-bond donors (Lipinski definition) is 1. The highest BCUT2D eigenvalue weighted by Gasteiger charge is 2.07. The first-order chi connectivity index (χ1) is 8.22. The first kappa shape index (κ1) is 11.6. The lowest BCUT2D eigenvalue weighted by molar-refractivity contribution is 0.441. The molecule has 0 radical (unpaired) electrons. The summed E-state index contributed by atoms with van der Waals surface area (Å²) < 4.78 is 20.7. The lowest BCUT2D eigenvalue weighted by atomic mass is 10.2. The van der Waals surface area contributed by atoms with Crippen LogP contribution in [0.25, 0.3) is 0 Å². The SMILES string of the molecule is CCn1cc(Oc2ccc(CN)cc2F)cn1. The van der Waals surface area contributed by atoms with E-state index in [0.717, 1.165) is 12.1 Å². The van der Waals surface area contributed by atoms with Gasteiger partial charge in [-0.2, -0.15) is 5.10 Å². The van der Waals surface area contributed by atoms with Crippen LogP contribution in [0.15, 0.2) is 30.6 Å². The molecular weight excluding hydrogens is 221 g/mol. The van der Waals surface area contributed by atoms with E-state index in [4.69, 9.17) is 10.5 Å². The van der Waals surface area contributed by atoms with E-state index >= 15 is 0 Å². The van der Waals surface area contributed by atoms with Crippen molar-refractivity contribution in [3.63, 3.8) is 0 Å². The molecule has 0 aliphatic rings. The average molecular weight is 235 g/mol. The van der Waals surface area contributed by atoms with E-state index in [9.17, 15) is 4.39 Å². The number of ether oxygens (including phenoxy) is 1. The van der Waals surface area contributed by atoms with Crippen LogP contribution in [0.4, 0.5) is 4.39 Å². The summed E-state index contributed by atoms with van der Waals surface area (Å²) in [5.41, 5.74) is 6.16. The van der Waals surface area contributed by atoms with Crippen molar-refractivity contribution in [1.29, 1.82) is 0 Å². The molecule has 0 spiro atoms. The maximum absolute atomic E-state index is 13.6. The van der Waals surface area contributed by atoms with E-state index in [1.54, 1.807) is 29.2 Å². The van der Waals surface area contributed by atoms with Gasteiger partial charge in [0.25, 0.3) is 0 Å². The average Bonchev–Trinajstić information content (AvgIpc) is 2.79. The van der Waals surface area contributed by atoms with E-state index < -0.39 is 5.82 Å². The zero-order valence-corrected chi connectivity index (χ0v) is 9.56. The number of hydrogen-bond acceptors (Lipinski definition) is 3. The molecule has 2 N–H and O–H groups in total. The van der Waals surface area contributed by atoms with Crippen molar-refractivity contribution in [3.05, 3.63) is 42.0 Å². The van der Waals surface area contributed by atoms with Gasteiger partial charge in [-0.25, -0.2) is 4.39 Å². The van der Waals surface area contributed by atoms with Crippen LogP contribution in [0.2, 0.25) is 0 Å². The van der Waals surface area contributed by atoms with Crippen LogP contribution in [-0.2, 0) is 13.1 Å². The highest BCUT2D eigenvalue weighted by molar-refractivity contribution is 5.32. The summed E-state index contributed by atoms with van der Waals surface area (Å²) in [5.74, 6) is 0.279. The molecule has 17 heavy (non-hydrogen) atoms. The zero-order valence-electron chi connectivity index (χ0n) is 9.56. The fraction of sp³-hybridized carbons (Fsp3) is 0.250. The molecule has 1 aromatic carbocycles. The molecule has 2 aromatic rings. The molecule has 0 fully saturated rings. The topological polar surface area (TPSA) is 53.1 Å². The van der Waals surface area contributed by atoms with Gasteiger partial charge >= 0.3 is 0 Å². The second-order valence-electron chi connectivity index (χ2n) is 3.60. The Hall–Kier alpha value is -1.88. The summed E-state index contributed by atoms with van der Waals surface area (Å²) in [7, 11) is 0. The first-order valence-electron chi connectivity index (χ1n) is 5.41. The minimum atomic E-state index is -0.419. The van der Waals surface area contributed by atoms with Crippen molar-refractivity contribution < 1.29 is 9.13 Å². The largest absolute Gasteiger partial charge is 0.451 e. The predicted molar refractivity (Wildman–Crippen MR) is 62.3 cm³/mol. The van der Waals surface area contributed by atoms with Crippen LogP contribution < -0.4 is 10.5 Å². The standard InChI is InChI=1S/C12H14FN3O/c1-2-16-8-10(7-15-16)17-12-4-3-9(6-14)5-11(12)13/h3-5,7-8H,2,6,14H2,1H3. The molecule has 4 nitrogen and oxygen atoms in total. The Morgan fingerprint density at radius 2 is 2.29 bits per heavy atom. The summed E-state index contributed by atoms with van der Waals surface area (Å²) in [4.78, 5) is 0. The minimum absolute atomic E-state index is 0.179. The summed E-state index contributed by atoms with van der Waals surface area (Å²) in [6, 6.07) is 4.68. The fourth-order valence-corrected chi connectivity index (χ4v) is 1.45. The van der Waals surface area contributed by atoms with E-state index in [1.165, 1.54) is 6.07 Å². The number of nitrogens with two attached hydrogens (primary N) is 1. The number of nitrogens with zero attached hydrogens (tertiary/aromatic N) is 2. The van der Waals surface area contributed by atoms with Gasteiger partial charge in [0.05, 0.1) is 12.4 Å². The van der Waals surface area contributed by atoms with E-state index in [2.05, 4.69) is 5.10 Å². The van der Waals surface area contributed by atoms with Gasteiger partial charge in [0.15, 0.2) is 17.3 Å². The Bertz CT molecular complexity index is 510. The Kier molecular flexibility index (Phi) is 3.39. The monoisotopic (exact) mass is 235 g/mol. The molecule has 2 rings (SSSR count). The highest BCUT2D eigenvalue weighted by Crippen LogP contribution is 2.24. The summed E-state index contributed by atoms with van der Waals surface area (Å²) in [6.07, 6.45) is 3.27. The molecule has 0 atom stereocenters. The van der Waals surface area contributed by atoms with Crippen molar-refractivity contribution in [3.8, 4) is 11.5 Å². The van der Waals surface area contributed by atoms with Crippen LogP contribution >= 0.6 is 0 Å². The maximum atomic E-state index is 13.6. The van der Waals surface area contributed by atoms with Gasteiger partial charge in [-0.1, -0.05) is 6.07 Å². The lowest BCUT2D eigenvalue weighted by Gasteiger charge is -2.05. The van der Waals surface area contributed by atoms with E-state index in [-0.39, 0.29) is 5.75 Å².